The normalized spacial score (nSPS) is 15.7. The van der Waals surface area contributed by atoms with E-state index < -0.39 is 23.8 Å². The number of nitriles is 1. The predicted octanol–water partition coefficient (Wildman–Crippen LogP) is -4.57. The number of nitrogens with zero attached hydrogens (tertiary/aromatic N) is 3. The molecule has 15 heteroatoms. The van der Waals surface area contributed by atoms with Crippen LogP contribution in [0.2, 0.25) is 0 Å². The minimum Gasteiger partial charge on any atom is -0.652 e. The number of nitrogens with one attached hydrogen (secondary N) is 2. The first-order valence-electron chi connectivity index (χ1n) is 9.07. The van der Waals surface area contributed by atoms with Crippen LogP contribution >= 0.6 is 0 Å². The molecule has 0 atom stereocenters. The summed E-state index contributed by atoms with van der Waals surface area (Å²) in [5, 5.41) is 52.9. The van der Waals surface area contributed by atoms with Crippen LogP contribution in [0.5, 0.6) is 0 Å². The quantitative estimate of drug-likeness (QED) is 0.267. The van der Waals surface area contributed by atoms with Gasteiger partial charge in [-0.15, -0.1) is 0 Å². The van der Waals surface area contributed by atoms with Crippen molar-refractivity contribution in [2.75, 3.05) is 18.4 Å². The molecule has 172 valence electrons. The summed E-state index contributed by atoms with van der Waals surface area (Å²) in [4.78, 5) is 40.3. The van der Waals surface area contributed by atoms with Crippen molar-refractivity contribution in [2.24, 2.45) is 11.7 Å². The van der Waals surface area contributed by atoms with E-state index in [9.17, 15) is 14.9 Å². The third-order valence-electron chi connectivity index (χ3n) is 4.60. The van der Waals surface area contributed by atoms with Crippen LogP contribution in [0.25, 0.3) is 0 Å². The minimum absolute atomic E-state index is 0. The molecule has 0 bridgehead atoms. The van der Waals surface area contributed by atoms with Crippen molar-refractivity contribution < 1.29 is 68.8 Å². The topological polar surface area (TPSA) is 252 Å². The van der Waals surface area contributed by atoms with Crippen LogP contribution in [0.3, 0.4) is 0 Å². The molecule has 1 aromatic rings. The number of amides is 2. The zero-order valence-corrected chi connectivity index (χ0v) is 20.1. The first kappa shape index (κ1) is 29.1. The van der Waals surface area contributed by atoms with Gasteiger partial charge in [-0.3, -0.25) is 14.3 Å². The van der Waals surface area contributed by atoms with Crippen molar-refractivity contribution in [3.05, 3.63) is 11.8 Å². The SMILES string of the molecule is N#CCC1(n2cc(C(N)=O)c(NC(=O)C3CC3)n2)CCNCC1.O=C([O-])[O-].O=C([O-])[O-].[Pu+4]. The summed E-state index contributed by atoms with van der Waals surface area (Å²) in [5.41, 5.74) is 5.15. The Morgan fingerprint density at radius 1 is 1.19 bits per heavy atom. The molecule has 1 aliphatic heterocycles. The summed E-state index contributed by atoms with van der Waals surface area (Å²) in [6.45, 7) is 1.55. The number of nitrogens with two attached hydrogens (primary N) is 1. The van der Waals surface area contributed by atoms with Gasteiger partial charge in [0.15, 0.2) is 5.82 Å². The second-order valence-corrected chi connectivity index (χ2v) is 6.77. The van der Waals surface area contributed by atoms with Crippen molar-refractivity contribution in [1.29, 1.82) is 5.26 Å². The van der Waals surface area contributed by atoms with Crippen LogP contribution < -0.4 is 36.8 Å². The summed E-state index contributed by atoms with van der Waals surface area (Å²) in [7, 11) is 0. The predicted molar refractivity (Wildman–Crippen MR) is 93.2 cm³/mol. The van der Waals surface area contributed by atoms with Crippen LogP contribution in [-0.2, 0) is 10.3 Å². The Bertz CT molecular complexity index is 838. The zero-order valence-electron chi connectivity index (χ0n) is 16.7. The molecule has 14 nitrogen and oxygen atoms in total. The number of hydrogen-bond donors (Lipinski definition) is 3. The van der Waals surface area contributed by atoms with Gasteiger partial charge in [0.05, 0.1) is 18.0 Å². The summed E-state index contributed by atoms with van der Waals surface area (Å²) >= 11 is 0. The van der Waals surface area contributed by atoms with Gasteiger partial charge in [-0.25, -0.2) is 0 Å². The molecule has 32 heavy (non-hydrogen) atoms. The van der Waals surface area contributed by atoms with Crippen molar-refractivity contribution in [1.82, 2.24) is 15.1 Å². The van der Waals surface area contributed by atoms with Crippen molar-refractivity contribution in [2.45, 2.75) is 37.6 Å². The van der Waals surface area contributed by atoms with Gasteiger partial charge in [-0.2, -0.15) is 10.4 Å². The fraction of sp³-hybridized carbons (Fsp3) is 0.529. The molecule has 0 radical (unpaired) electrons. The van der Waals surface area contributed by atoms with Crippen LogP contribution in [0.15, 0.2) is 6.20 Å². The molecule has 1 saturated carbocycles. The third kappa shape index (κ3) is 9.51. The van der Waals surface area contributed by atoms with Crippen LogP contribution in [0, 0.1) is 46.4 Å². The van der Waals surface area contributed by atoms with Crippen LogP contribution in [-0.4, -0.2) is 47.0 Å². The number of carbonyl (C=O) groups is 4. The second kappa shape index (κ2) is 13.5. The molecular weight excluding hydrogens is 660 g/mol. The molecule has 2 fully saturated rings. The van der Waals surface area contributed by atoms with Crippen LogP contribution in [0.1, 0.15) is 42.5 Å². The molecule has 1 saturated heterocycles. The molecule has 2 heterocycles. The van der Waals surface area contributed by atoms with E-state index in [4.69, 9.17) is 35.7 Å². The van der Waals surface area contributed by atoms with Crippen LogP contribution in [0.4, 0.5) is 15.4 Å². The molecule has 4 N–H and O–H groups in total. The molecule has 3 rings (SSSR count). The van der Waals surface area contributed by atoms with E-state index in [0.717, 1.165) is 38.8 Å². The Hall–Kier alpha value is -2.87. The smallest absolute Gasteiger partial charge is 0.652 e. The Morgan fingerprint density at radius 3 is 2.09 bits per heavy atom. The van der Waals surface area contributed by atoms with E-state index in [-0.39, 0.29) is 52.4 Å². The van der Waals surface area contributed by atoms with E-state index in [1.807, 2.05) is 0 Å². The van der Waals surface area contributed by atoms with E-state index >= 15 is 0 Å². The van der Waals surface area contributed by atoms with E-state index in [2.05, 4.69) is 21.8 Å². The van der Waals surface area contributed by atoms with Gasteiger partial charge in [-0.05, 0) is 51.1 Å². The average Bonchev–Trinajstić information content (AvgIpc) is 3.42. The Balaban J connectivity index is 0.000000928. The van der Waals surface area contributed by atoms with Gasteiger partial charge in [0.2, 0.25) is 5.91 Å². The van der Waals surface area contributed by atoms with Gasteiger partial charge in [0, 0.05) is 12.1 Å². The summed E-state index contributed by atoms with van der Waals surface area (Å²) < 4.78 is 1.65. The molecule has 0 aromatic carbocycles. The monoisotopic (exact) mass is 674 g/mol. The third-order valence-corrected chi connectivity index (χ3v) is 4.60. The van der Waals surface area contributed by atoms with E-state index in [0.29, 0.717) is 6.42 Å². The number of anilines is 1. The second-order valence-electron chi connectivity index (χ2n) is 6.77. The largest absolute Gasteiger partial charge is 4.00 e. The maximum atomic E-state index is 12.0. The first-order valence-corrected chi connectivity index (χ1v) is 9.07. The minimum atomic E-state index is -2.33. The Morgan fingerprint density at radius 2 is 1.69 bits per heavy atom. The number of carboxylic acid groups (broad SMARTS) is 4. The van der Waals surface area contributed by atoms with E-state index in [1.165, 1.54) is 0 Å². The standard InChI is InChI=1S/C15H20N6O2.2CH2O3.Pu/c16-6-3-15(4-7-18-8-5-15)21-9-11(12(17)22)13(20-21)19-14(23)10-1-2-10;2*2-1(3)4;/h9-10,18H,1-5,7-8H2,(H2,17,22)(H,19,20,23);2*(H2,2,3,4);/q;;;+4/p-4. The Kier molecular flexibility index (Phi) is 12.3. The Labute approximate surface area is 204 Å². The van der Waals surface area contributed by atoms with Crippen molar-refractivity contribution in [3.8, 4) is 6.07 Å². The van der Waals surface area contributed by atoms with Crippen molar-refractivity contribution >= 4 is 29.9 Å². The molecule has 1 aromatic heterocycles. The first-order chi connectivity index (χ1) is 14.5. The molecule has 0 unspecified atom stereocenters. The maximum Gasteiger partial charge on any atom is 4.00 e. The fourth-order valence-corrected chi connectivity index (χ4v) is 2.98. The zero-order chi connectivity index (χ0) is 23.6. The summed E-state index contributed by atoms with van der Waals surface area (Å²) in [6.07, 6.45) is 0.385. The van der Waals surface area contributed by atoms with Gasteiger partial charge >= 0.3 is 29.2 Å². The molecule has 0 spiro atoms. The molecular formula is C17H20N6O8Pu. The number of piperidine rings is 1. The maximum absolute atomic E-state index is 12.0. The number of carbonyl (C=O) groups excluding carboxylic acids is 4. The number of primary amides is 1. The molecule has 1 aliphatic carbocycles. The van der Waals surface area contributed by atoms with Crippen molar-refractivity contribution in [3.63, 3.8) is 0 Å². The average molecular weight is 680 g/mol. The summed E-state index contributed by atoms with van der Waals surface area (Å²) in [6, 6.07) is 2.21. The fourth-order valence-electron chi connectivity index (χ4n) is 2.98. The van der Waals surface area contributed by atoms with Gasteiger partial charge in [0.25, 0.3) is 5.91 Å². The number of rotatable bonds is 5. The van der Waals surface area contributed by atoms with Gasteiger partial charge < -0.3 is 46.4 Å². The number of hydrogen-bond acceptors (Lipinski definition) is 11. The van der Waals surface area contributed by atoms with E-state index in [1.54, 1.807) is 10.9 Å². The van der Waals surface area contributed by atoms with Gasteiger partial charge in [-0.1, -0.05) is 0 Å². The number of aromatic nitrogens is 2. The summed E-state index contributed by atoms with van der Waals surface area (Å²) in [5.74, 6) is -0.557. The molecule has 2 aliphatic rings. The van der Waals surface area contributed by atoms with Gasteiger partial charge in [0.1, 0.15) is 5.56 Å². The molecule has 2 amide bonds.